The first-order valence-electron chi connectivity index (χ1n) is 10.9. The lowest BCUT2D eigenvalue weighted by Gasteiger charge is -2.32. The molecule has 1 aliphatic heterocycles. The molecule has 3 N–H and O–H groups in total. The van der Waals surface area contributed by atoms with Crippen molar-refractivity contribution in [2.24, 2.45) is 5.73 Å². The zero-order valence-electron chi connectivity index (χ0n) is 18.0. The van der Waals surface area contributed by atoms with Gasteiger partial charge in [-0.05, 0) is 25.0 Å². The molecule has 0 spiro atoms. The van der Waals surface area contributed by atoms with Crippen LogP contribution in [-0.2, 0) is 6.42 Å². The molecular formula is C25H26ClN5O. The lowest BCUT2D eigenvalue weighted by Crippen LogP contribution is -2.39. The first kappa shape index (κ1) is 20.8. The first-order valence-corrected chi connectivity index (χ1v) is 11.3. The molecule has 2 aromatic heterocycles. The molecule has 0 amide bonds. The zero-order chi connectivity index (χ0) is 22.1. The number of hydrogen-bond donors (Lipinski definition) is 2. The third-order valence-electron chi connectivity index (χ3n) is 6.16. The summed E-state index contributed by atoms with van der Waals surface area (Å²) in [7, 11) is 1.70. The molecule has 164 valence electrons. The van der Waals surface area contributed by atoms with Crippen molar-refractivity contribution in [3.8, 4) is 17.0 Å². The zero-order valence-corrected chi connectivity index (χ0v) is 18.8. The van der Waals surface area contributed by atoms with Crippen molar-refractivity contribution in [2.45, 2.75) is 25.3 Å². The molecule has 0 aliphatic carbocycles. The molecule has 0 radical (unpaired) electrons. The summed E-state index contributed by atoms with van der Waals surface area (Å²) in [5.41, 5.74) is 11.0. The summed E-state index contributed by atoms with van der Waals surface area (Å²) >= 11 is 6.49. The topological polar surface area (TPSA) is 80.1 Å². The third-order valence-corrected chi connectivity index (χ3v) is 6.44. The van der Waals surface area contributed by atoms with Gasteiger partial charge in [0.2, 0.25) is 0 Å². The molecular weight excluding hydrogens is 422 g/mol. The van der Waals surface area contributed by atoms with E-state index in [4.69, 9.17) is 27.1 Å². The Labute approximate surface area is 192 Å². The highest BCUT2D eigenvalue weighted by atomic mass is 35.5. The second-order valence-corrected chi connectivity index (χ2v) is 8.64. The maximum atomic E-state index is 6.49. The highest BCUT2D eigenvalue weighted by molar-refractivity contribution is 6.33. The summed E-state index contributed by atoms with van der Waals surface area (Å²) in [5.74, 6) is 1.54. The van der Waals surface area contributed by atoms with E-state index in [0.29, 0.717) is 23.3 Å². The Hall–Kier alpha value is -3.09. The van der Waals surface area contributed by atoms with Crippen LogP contribution in [0.15, 0.2) is 54.9 Å². The monoisotopic (exact) mass is 447 g/mol. The van der Waals surface area contributed by atoms with Crippen LogP contribution in [0, 0.1) is 0 Å². The van der Waals surface area contributed by atoms with Crippen LogP contribution < -0.4 is 15.4 Å². The van der Waals surface area contributed by atoms with E-state index in [1.807, 2.05) is 24.4 Å². The number of nitrogens with one attached hydrogen (secondary N) is 1. The smallest absolute Gasteiger partial charge is 0.133 e. The molecule has 7 heteroatoms. The largest absolute Gasteiger partial charge is 0.496 e. The molecule has 32 heavy (non-hydrogen) atoms. The molecule has 0 saturated carbocycles. The minimum atomic E-state index is 0.306. The molecule has 1 aliphatic rings. The molecule has 1 saturated heterocycles. The average molecular weight is 448 g/mol. The summed E-state index contributed by atoms with van der Waals surface area (Å²) in [4.78, 5) is 15.0. The van der Waals surface area contributed by atoms with Crippen LogP contribution in [-0.4, -0.2) is 41.2 Å². The Bertz CT molecular complexity index is 1250. The predicted octanol–water partition coefficient (Wildman–Crippen LogP) is 4.81. The van der Waals surface area contributed by atoms with E-state index in [1.165, 1.54) is 0 Å². The molecule has 0 unspecified atom stereocenters. The van der Waals surface area contributed by atoms with Gasteiger partial charge in [0.25, 0.3) is 0 Å². The fourth-order valence-electron chi connectivity index (χ4n) is 4.35. The number of aromatic nitrogens is 3. The Kier molecular flexibility index (Phi) is 5.72. The highest BCUT2D eigenvalue weighted by Gasteiger charge is 2.18. The van der Waals surface area contributed by atoms with Crippen molar-refractivity contribution in [2.75, 3.05) is 25.1 Å². The average Bonchev–Trinajstić information content (AvgIpc) is 3.25. The number of piperidine rings is 1. The van der Waals surface area contributed by atoms with E-state index in [9.17, 15) is 0 Å². The van der Waals surface area contributed by atoms with E-state index in [-0.39, 0.29) is 0 Å². The van der Waals surface area contributed by atoms with Crippen LogP contribution in [0.1, 0.15) is 24.2 Å². The van der Waals surface area contributed by atoms with Crippen molar-refractivity contribution >= 4 is 28.2 Å². The number of anilines is 1. The van der Waals surface area contributed by atoms with Crippen molar-refractivity contribution in [1.82, 2.24) is 15.0 Å². The number of methoxy groups -OCH3 is 1. The third kappa shape index (κ3) is 4.04. The van der Waals surface area contributed by atoms with Crippen LogP contribution >= 0.6 is 11.6 Å². The Morgan fingerprint density at radius 3 is 2.81 bits per heavy atom. The second-order valence-electron chi connectivity index (χ2n) is 8.23. The number of rotatable bonds is 5. The van der Waals surface area contributed by atoms with Gasteiger partial charge in [0.15, 0.2) is 0 Å². The number of para-hydroxylation sites is 1. The number of H-pyrrole nitrogens is 1. The Balaban J connectivity index is 1.43. The highest BCUT2D eigenvalue weighted by Crippen LogP contribution is 2.33. The van der Waals surface area contributed by atoms with Gasteiger partial charge in [-0.3, -0.25) is 0 Å². The lowest BCUT2D eigenvalue weighted by atomic mass is 10.0. The molecule has 3 heterocycles. The summed E-state index contributed by atoms with van der Waals surface area (Å²) in [6.45, 7) is 1.94. The first-order chi connectivity index (χ1) is 15.6. The summed E-state index contributed by atoms with van der Waals surface area (Å²) in [5, 5.41) is 1.62. The van der Waals surface area contributed by atoms with E-state index < -0.39 is 0 Å². The quantitative estimate of drug-likeness (QED) is 0.459. The summed E-state index contributed by atoms with van der Waals surface area (Å²) in [6, 6.07) is 14.8. The number of halogens is 1. The van der Waals surface area contributed by atoms with E-state index in [1.54, 1.807) is 13.3 Å². The predicted molar refractivity (Wildman–Crippen MR) is 130 cm³/mol. The SMILES string of the molecule is COc1cc(N2CCC(N)CC2)ccc1Cc1ncc(Cl)c(-c2c[nH]c3ccccc23)n1. The van der Waals surface area contributed by atoms with Crippen molar-refractivity contribution in [1.29, 1.82) is 0 Å². The number of hydrogen-bond acceptors (Lipinski definition) is 5. The molecule has 6 nitrogen and oxygen atoms in total. The molecule has 4 aromatic rings. The maximum Gasteiger partial charge on any atom is 0.133 e. The number of benzene rings is 2. The van der Waals surface area contributed by atoms with E-state index in [0.717, 1.165) is 65.1 Å². The minimum absolute atomic E-state index is 0.306. The fourth-order valence-corrected chi connectivity index (χ4v) is 4.54. The van der Waals surface area contributed by atoms with Gasteiger partial charge in [0, 0.05) is 71.7 Å². The standard InChI is InChI=1S/C25H26ClN5O/c1-32-23-13-18(31-10-8-17(27)9-11-31)7-6-16(23)12-24-29-15-21(26)25(30-24)20-14-28-22-5-3-2-4-19(20)22/h2-7,13-15,17,28H,8-12,27H2,1H3. The number of fused-ring (bicyclic) bond motifs is 1. The number of aromatic amines is 1. The number of nitrogens with two attached hydrogens (primary N) is 1. The van der Waals surface area contributed by atoms with Crippen LogP contribution in [0.4, 0.5) is 5.69 Å². The van der Waals surface area contributed by atoms with Gasteiger partial charge in [0.05, 0.1) is 17.8 Å². The van der Waals surface area contributed by atoms with E-state index in [2.05, 4.69) is 39.1 Å². The summed E-state index contributed by atoms with van der Waals surface area (Å²) in [6.07, 6.45) is 6.21. The molecule has 1 fully saturated rings. The van der Waals surface area contributed by atoms with Gasteiger partial charge in [-0.1, -0.05) is 35.9 Å². The number of nitrogens with zero attached hydrogens (tertiary/aromatic N) is 3. The van der Waals surface area contributed by atoms with Gasteiger partial charge < -0.3 is 20.4 Å². The van der Waals surface area contributed by atoms with Gasteiger partial charge in [-0.25, -0.2) is 9.97 Å². The fraction of sp³-hybridized carbons (Fsp3) is 0.280. The van der Waals surface area contributed by atoms with Crippen LogP contribution in [0.3, 0.4) is 0 Å². The molecule has 2 aromatic carbocycles. The minimum Gasteiger partial charge on any atom is -0.496 e. The van der Waals surface area contributed by atoms with Crippen LogP contribution in [0.25, 0.3) is 22.2 Å². The summed E-state index contributed by atoms with van der Waals surface area (Å²) < 4.78 is 5.72. The van der Waals surface area contributed by atoms with Gasteiger partial charge in [-0.15, -0.1) is 0 Å². The lowest BCUT2D eigenvalue weighted by molar-refractivity contribution is 0.410. The van der Waals surface area contributed by atoms with Crippen LogP contribution in [0.5, 0.6) is 5.75 Å². The van der Waals surface area contributed by atoms with Gasteiger partial charge in [-0.2, -0.15) is 0 Å². The van der Waals surface area contributed by atoms with Crippen molar-refractivity contribution in [3.63, 3.8) is 0 Å². The van der Waals surface area contributed by atoms with Crippen LogP contribution in [0.2, 0.25) is 5.02 Å². The Morgan fingerprint density at radius 1 is 1.19 bits per heavy atom. The maximum absolute atomic E-state index is 6.49. The molecule has 0 bridgehead atoms. The number of ether oxygens (including phenoxy) is 1. The molecule has 5 rings (SSSR count). The van der Waals surface area contributed by atoms with Crippen molar-refractivity contribution < 1.29 is 4.74 Å². The second kappa shape index (κ2) is 8.81. The van der Waals surface area contributed by atoms with Crippen molar-refractivity contribution in [3.05, 3.63) is 71.3 Å². The normalized spacial score (nSPS) is 14.8. The van der Waals surface area contributed by atoms with Gasteiger partial charge >= 0.3 is 0 Å². The molecule has 0 atom stereocenters. The van der Waals surface area contributed by atoms with E-state index >= 15 is 0 Å². The van der Waals surface area contributed by atoms with Gasteiger partial charge in [0.1, 0.15) is 11.6 Å². The Morgan fingerprint density at radius 2 is 2.00 bits per heavy atom.